The third-order valence-corrected chi connectivity index (χ3v) is 5.79. The fraction of sp³-hybridized carbons (Fsp3) is 0.381. The van der Waals surface area contributed by atoms with Gasteiger partial charge in [0.15, 0.2) is 0 Å². The summed E-state index contributed by atoms with van der Waals surface area (Å²) < 4.78 is 0. The van der Waals surface area contributed by atoms with Gasteiger partial charge in [-0.2, -0.15) is 0 Å². The van der Waals surface area contributed by atoms with E-state index >= 15 is 0 Å². The molecule has 0 saturated carbocycles. The predicted octanol–water partition coefficient (Wildman–Crippen LogP) is 2.35. The third kappa shape index (κ3) is 10.7. The number of nitrogens with one attached hydrogen (secondary N) is 1. The molecule has 3 rings (SSSR count). The SMILES string of the molecule is CCN1CCCC1CNCc1csc(-c2ccc(Cl)cc2)n1.O=C(O)C(=O)O.O=C(O)C(=O)O. The molecule has 1 aliphatic rings. The summed E-state index contributed by atoms with van der Waals surface area (Å²) in [6, 6.07) is 8.57. The number of benzene rings is 1. The van der Waals surface area contributed by atoms with E-state index in [0.717, 1.165) is 40.9 Å². The number of aliphatic carboxylic acids is 4. The van der Waals surface area contributed by atoms with E-state index in [1.54, 1.807) is 11.3 Å². The minimum absolute atomic E-state index is 0.694. The number of likely N-dealkylation sites (tertiary alicyclic amines) is 1. The van der Waals surface area contributed by atoms with E-state index in [9.17, 15) is 0 Å². The number of rotatable bonds is 6. The van der Waals surface area contributed by atoms with Gasteiger partial charge in [0.2, 0.25) is 0 Å². The van der Waals surface area contributed by atoms with Gasteiger partial charge in [-0.25, -0.2) is 24.2 Å². The number of thiazole rings is 1. The second-order valence-corrected chi connectivity index (χ2v) is 8.22. The number of carbonyl (C=O) groups is 4. The molecule has 1 unspecified atom stereocenters. The number of hydrogen-bond acceptors (Lipinski definition) is 8. The van der Waals surface area contributed by atoms with Gasteiger partial charge in [0, 0.05) is 35.1 Å². The molecule has 1 fully saturated rings. The fourth-order valence-electron chi connectivity index (χ4n) is 3.02. The number of carboxylic acids is 4. The zero-order valence-electron chi connectivity index (χ0n) is 18.3. The first kappa shape index (κ1) is 29.0. The lowest BCUT2D eigenvalue weighted by atomic mass is 10.2. The number of carboxylic acid groups (broad SMARTS) is 4. The number of nitrogens with zero attached hydrogens (tertiary/aromatic N) is 2. The molecular formula is C21H26ClN3O8S. The summed E-state index contributed by atoms with van der Waals surface area (Å²) in [5.74, 6) is -7.30. The van der Waals surface area contributed by atoms with Crippen LogP contribution in [0, 0.1) is 0 Å². The normalized spacial score (nSPS) is 14.8. The molecule has 0 aliphatic carbocycles. The van der Waals surface area contributed by atoms with E-state index in [1.165, 1.54) is 19.4 Å². The van der Waals surface area contributed by atoms with Crippen molar-refractivity contribution in [1.82, 2.24) is 15.2 Å². The van der Waals surface area contributed by atoms with Gasteiger partial charge >= 0.3 is 23.9 Å². The summed E-state index contributed by atoms with van der Waals surface area (Å²) >= 11 is 7.62. The fourth-order valence-corrected chi connectivity index (χ4v) is 3.97. The topological polar surface area (TPSA) is 177 Å². The number of halogens is 1. The minimum atomic E-state index is -1.82. The predicted molar refractivity (Wildman–Crippen MR) is 125 cm³/mol. The largest absolute Gasteiger partial charge is 0.473 e. The first-order valence-electron chi connectivity index (χ1n) is 10.1. The summed E-state index contributed by atoms with van der Waals surface area (Å²) in [5, 5.41) is 37.1. The molecule has 186 valence electrons. The molecule has 0 bridgehead atoms. The molecule has 1 aromatic carbocycles. The highest BCUT2D eigenvalue weighted by Crippen LogP contribution is 2.25. The van der Waals surface area contributed by atoms with Crippen LogP contribution in [0.15, 0.2) is 29.6 Å². The molecule has 13 heteroatoms. The highest BCUT2D eigenvalue weighted by atomic mass is 35.5. The maximum absolute atomic E-state index is 9.10. The van der Waals surface area contributed by atoms with Crippen LogP contribution in [0.3, 0.4) is 0 Å². The van der Waals surface area contributed by atoms with E-state index in [-0.39, 0.29) is 0 Å². The summed E-state index contributed by atoms with van der Waals surface area (Å²) in [6.07, 6.45) is 2.64. The molecule has 1 atom stereocenters. The molecule has 2 heterocycles. The minimum Gasteiger partial charge on any atom is -0.473 e. The van der Waals surface area contributed by atoms with Crippen molar-refractivity contribution in [3.8, 4) is 10.6 Å². The second kappa shape index (κ2) is 15.0. The van der Waals surface area contributed by atoms with Gasteiger partial charge in [-0.05, 0) is 38.1 Å². The summed E-state index contributed by atoms with van der Waals surface area (Å²) in [6.45, 7) is 6.56. The lowest BCUT2D eigenvalue weighted by molar-refractivity contribution is -0.159. The van der Waals surface area contributed by atoms with Crippen LogP contribution in [0.4, 0.5) is 0 Å². The van der Waals surface area contributed by atoms with Crippen LogP contribution < -0.4 is 5.32 Å². The Kier molecular flexibility index (Phi) is 12.7. The Morgan fingerprint density at radius 3 is 2.12 bits per heavy atom. The highest BCUT2D eigenvalue weighted by molar-refractivity contribution is 7.13. The monoisotopic (exact) mass is 515 g/mol. The molecule has 1 saturated heterocycles. The Hall–Kier alpha value is -3.06. The average Bonchev–Trinajstić information content (AvgIpc) is 3.44. The van der Waals surface area contributed by atoms with Gasteiger partial charge in [0.1, 0.15) is 5.01 Å². The molecular weight excluding hydrogens is 490 g/mol. The van der Waals surface area contributed by atoms with E-state index in [2.05, 4.69) is 22.5 Å². The Morgan fingerprint density at radius 1 is 1.06 bits per heavy atom. The first-order chi connectivity index (χ1) is 16.0. The van der Waals surface area contributed by atoms with E-state index < -0.39 is 23.9 Å². The lowest BCUT2D eigenvalue weighted by Crippen LogP contribution is -2.37. The summed E-state index contributed by atoms with van der Waals surface area (Å²) in [5.41, 5.74) is 2.25. The molecule has 0 amide bonds. The van der Waals surface area contributed by atoms with E-state index in [0.29, 0.717) is 6.04 Å². The zero-order valence-corrected chi connectivity index (χ0v) is 19.9. The molecule has 0 spiro atoms. The van der Waals surface area contributed by atoms with Gasteiger partial charge in [0.25, 0.3) is 0 Å². The van der Waals surface area contributed by atoms with Crippen molar-refractivity contribution in [1.29, 1.82) is 0 Å². The second-order valence-electron chi connectivity index (χ2n) is 6.93. The van der Waals surface area contributed by atoms with Crippen molar-refractivity contribution < 1.29 is 39.6 Å². The summed E-state index contributed by atoms with van der Waals surface area (Å²) in [4.78, 5) is 43.7. The standard InChI is InChI=1S/C17H22ClN3S.2C2H2O4/c1-2-21-9-3-4-16(21)11-19-10-15-12-22-17(20-15)13-5-7-14(18)8-6-13;2*3-1(4)2(5)6/h5-8,12,16,19H,2-4,9-11H2,1H3;2*(H,3,4)(H,5,6). The quantitative estimate of drug-likeness (QED) is 0.356. The van der Waals surface area contributed by atoms with Crippen molar-refractivity contribution in [2.75, 3.05) is 19.6 Å². The molecule has 11 nitrogen and oxygen atoms in total. The molecule has 5 N–H and O–H groups in total. The molecule has 2 aromatic rings. The van der Waals surface area contributed by atoms with Crippen molar-refractivity contribution in [3.63, 3.8) is 0 Å². The highest BCUT2D eigenvalue weighted by Gasteiger charge is 2.22. The maximum atomic E-state index is 9.10. The summed E-state index contributed by atoms with van der Waals surface area (Å²) in [7, 11) is 0. The maximum Gasteiger partial charge on any atom is 0.414 e. The number of aromatic nitrogens is 1. The zero-order chi connectivity index (χ0) is 25.7. The van der Waals surface area contributed by atoms with E-state index in [4.69, 9.17) is 56.2 Å². The van der Waals surface area contributed by atoms with Gasteiger partial charge < -0.3 is 25.7 Å². The van der Waals surface area contributed by atoms with Crippen LogP contribution in [-0.2, 0) is 25.7 Å². The number of likely N-dealkylation sites (N-methyl/N-ethyl adjacent to an activating group) is 1. The average molecular weight is 516 g/mol. The van der Waals surface area contributed by atoms with Gasteiger partial charge in [-0.15, -0.1) is 11.3 Å². The van der Waals surface area contributed by atoms with Crippen LogP contribution in [0.1, 0.15) is 25.5 Å². The van der Waals surface area contributed by atoms with Crippen molar-refractivity contribution >= 4 is 46.8 Å². The van der Waals surface area contributed by atoms with Crippen molar-refractivity contribution in [3.05, 3.63) is 40.4 Å². The Morgan fingerprint density at radius 2 is 1.62 bits per heavy atom. The Labute approximate surface area is 204 Å². The van der Waals surface area contributed by atoms with Crippen molar-refractivity contribution in [2.24, 2.45) is 0 Å². The molecule has 1 aromatic heterocycles. The van der Waals surface area contributed by atoms with Crippen LogP contribution >= 0.6 is 22.9 Å². The smallest absolute Gasteiger partial charge is 0.414 e. The van der Waals surface area contributed by atoms with Gasteiger partial charge in [0.05, 0.1) is 5.69 Å². The van der Waals surface area contributed by atoms with Crippen LogP contribution in [0.5, 0.6) is 0 Å². The van der Waals surface area contributed by atoms with Crippen LogP contribution in [0.25, 0.3) is 10.6 Å². The first-order valence-corrected chi connectivity index (χ1v) is 11.4. The number of hydrogen-bond donors (Lipinski definition) is 5. The Bertz CT molecular complexity index is 919. The van der Waals surface area contributed by atoms with E-state index in [1.807, 2.05) is 24.3 Å². The van der Waals surface area contributed by atoms with Crippen molar-refractivity contribution in [2.45, 2.75) is 32.4 Å². The molecule has 0 radical (unpaired) electrons. The van der Waals surface area contributed by atoms with Crippen LogP contribution in [0.2, 0.25) is 5.02 Å². The molecule has 34 heavy (non-hydrogen) atoms. The van der Waals surface area contributed by atoms with Crippen LogP contribution in [-0.4, -0.2) is 79.9 Å². The molecule has 1 aliphatic heterocycles. The van der Waals surface area contributed by atoms with Gasteiger partial charge in [-0.1, -0.05) is 30.7 Å². The lowest BCUT2D eigenvalue weighted by Gasteiger charge is -2.22. The third-order valence-electron chi connectivity index (χ3n) is 4.60. The Balaban J connectivity index is 0.000000401. The van der Waals surface area contributed by atoms with Gasteiger partial charge in [-0.3, -0.25) is 4.90 Å².